The molecule has 1 aliphatic heterocycles. The predicted molar refractivity (Wildman–Crippen MR) is 152 cm³/mol. The van der Waals surface area contributed by atoms with E-state index in [-0.39, 0.29) is 17.3 Å². The molecule has 1 saturated heterocycles. The molecule has 0 aromatic heterocycles. The summed E-state index contributed by atoms with van der Waals surface area (Å²) in [6.45, 7) is 4.05. The van der Waals surface area contributed by atoms with Crippen molar-refractivity contribution in [3.05, 3.63) is 134 Å². The maximum absolute atomic E-state index is 14.5. The number of carbonyl (C=O) groups excluding carboxylic acids is 2. The number of aryl methyl sites for hydroxylation is 1. The number of nitro benzene ring substituents is 1. The molecule has 1 fully saturated rings. The number of amides is 2. The van der Waals surface area contributed by atoms with Gasteiger partial charge in [0.1, 0.15) is 5.69 Å². The number of imide groups is 1. The van der Waals surface area contributed by atoms with E-state index in [0.717, 1.165) is 44.0 Å². The topological polar surface area (TPSA) is 92.9 Å². The van der Waals surface area contributed by atoms with Gasteiger partial charge in [0, 0.05) is 18.2 Å². The largest absolute Gasteiger partial charge is 0.293 e. The fourth-order valence-electron chi connectivity index (χ4n) is 7.14. The highest BCUT2D eigenvalue weighted by Crippen LogP contribution is 2.64. The van der Waals surface area contributed by atoms with Gasteiger partial charge < -0.3 is 0 Å². The third-order valence-corrected chi connectivity index (χ3v) is 8.99. The first kappa shape index (κ1) is 24.2. The molecule has 196 valence electrons. The molecule has 4 aromatic rings. The molecule has 2 atom stereocenters. The SMILES string of the molecule is Cc1cccc(N=CC23c4ccccc4C(c4ccccc42)[C@H]2C(=O)N(c4ccccc4[N+](=O)[O-])C(=O)[C@@H]23)c1C. The summed E-state index contributed by atoms with van der Waals surface area (Å²) in [5.41, 5.74) is 5.49. The fourth-order valence-corrected chi connectivity index (χ4v) is 7.14. The molecule has 3 aliphatic carbocycles. The van der Waals surface area contributed by atoms with Crippen molar-refractivity contribution >= 4 is 35.1 Å². The van der Waals surface area contributed by atoms with Crippen LogP contribution in [0, 0.1) is 35.8 Å². The van der Waals surface area contributed by atoms with Crippen LogP contribution in [0.1, 0.15) is 39.3 Å². The number of aliphatic imine (C=N–C) groups is 1. The van der Waals surface area contributed by atoms with E-state index in [2.05, 4.69) is 0 Å². The molecule has 2 bridgehead atoms. The average Bonchev–Trinajstić information content (AvgIpc) is 3.24. The van der Waals surface area contributed by atoms with Crippen molar-refractivity contribution in [3.8, 4) is 0 Å². The van der Waals surface area contributed by atoms with Crippen molar-refractivity contribution in [3.63, 3.8) is 0 Å². The van der Waals surface area contributed by atoms with Gasteiger partial charge in [-0.25, -0.2) is 4.90 Å². The van der Waals surface area contributed by atoms with Gasteiger partial charge in [-0.1, -0.05) is 72.8 Å². The first-order chi connectivity index (χ1) is 19.4. The second-order valence-corrected chi connectivity index (χ2v) is 10.8. The Bertz CT molecular complexity index is 1740. The zero-order valence-corrected chi connectivity index (χ0v) is 21.9. The van der Waals surface area contributed by atoms with Crippen LogP contribution in [-0.4, -0.2) is 23.0 Å². The van der Waals surface area contributed by atoms with Gasteiger partial charge in [0.15, 0.2) is 0 Å². The van der Waals surface area contributed by atoms with Crippen LogP contribution in [0.5, 0.6) is 0 Å². The van der Waals surface area contributed by atoms with E-state index >= 15 is 0 Å². The molecular formula is C33H25N3O4. The van der Waals surface area contributed by atoms with E-state index < -0.39 is 34.0 Å². The number of benzene rings is 4. The molecule has 7 nitrogen and oxygen atoms in total. The highest BCUT2D eigenvalue weighted by Gasteiger charge is 2.68. The Balaban J connectivity index is 1.52. The lowest BCUT2D eigenvalue weighted by Crippen LogP contribution is -2.54. The summed E-state index contributed by atoms with van der Waals surface area (Å²) in [5.74, 6) is -2.73. The van der Waals surface area contributed by atoms with Crippen LogP contribution in [0.2, 0.25) is 0 Å². The van der Waals surface area contributed by atoms with Crippen LogP contribution >= 0.6 is 0 Å². The maximum atomic E-state index is 14.5. The van der Waals surface area contributed by atoms with Crippen molar-refractivity contribution in [2.24, 2.45) is 16.8 Å². The summed E-state index contributed by atoms with van der Waals surface area (Å²) < 4.78 is 0. The summed E-state index contributed by atoms with van der Waals surface area (Å²) in [5, 5.41) is 11.9. The lowest BCUT2D eigenvalue weighted by Gasteiger charge is -2.52. The summed E-state index contributed by atoms with van der Waals surface area (Å²) in [7, 11) is 0. The van der Waals surface area contributed by atoms with Crippen molar-refractivity contribution in [2.45, 2.75) is 25.2 Å². The van der Waals surface area contributed by atoms with Crippen LogP contribution in [0.25, 0.3) is 0 Å². The van der Waals surface area contributed by atoms with Crippen molar-refractivity contribution in [1.82, 2.24) is 0 Å². The van der Waals surface area contributed by atoms with Crippen molar-refractivity contribution in [2.75, 3.05) is 4.90 Å². The van der Waals surface area contributed by atoms with E-state index in [1.807, 2.05) is 86.8 Å². The Hall–Kier alpha value is -4.91. The van der Waals surface area contributed by atoms with Crippen LogP contribution in [0.3, 0.4) is 0 Å². The predicted octanol–water partition coefficient (Wildman–Crippen LogP) is 6.16. The first-order valence-corrected chi connectivity index (χ1v) is 13.3. The van der Waals surface area contributed by atoms with Crippen LogP contribution in [-0.2, 0) is 15.0 Å². The number of para-hydroxylation sites is 2. The van der Waals surface area contributed by atoms with Gasteiger partial charge in [-0.05, 0) is 59.4 Å². The quantitative estimate of drug-likeness (QED) is 0.137. The van der Waals surface area contributed by atoms with Gasteiger partial charge in [-0.15, -0.1) is 0 Å². The Labute approximate surface area is 231 Å². The Morgan fingerprint density at radius 3 is 2.12 bits per heavy atom. The third kappa shape index (κ3) is 3.03. The standard InChI is InChI=1S/C33H25N3O4/c1-19-10-9-15-25(20(19)2)34-18-33-23-13-5-3-11-21(23)28(22-12-4-6-14-24(22)33)29-30(33)32(38)35(31(29)37)26-16-7-8-17-27(26)36(39)40/h3-18,28-30H,1-2H3/t28?,29-,30-,33?/m1/s1. The number of rotatable bonds is 4. The number of carbonyl (C=O) groups is 2. The van der Waals surface area contributed by atoms with Crippen LogP contribution < -0.4 is 4.90 Å². The summed E-state index contributed by atoms with van der Waals surface area (Å²) in [4.78, 5) is 46.2. The zero-order valence-electron chi connectivity index (χ0n) is 21.9. The van der Waals surface area contributed by atoms with E-state index in [0.29, 0.717) is 0 Å². The number of hydrogen-bond donors (Lipinski definition) is 0. The van der Waals surface area contributed by atoms with Crippen molar-refractivity contribution in [1.29, 1.82) is 0 Å². The normalized spacial score (nSPS) is 24.2. The van der Waals surface area contributed by atoms with Gasteiger partial charge in [0.2, 0.25) is 11.8 Å². The molecule has 0 unspecified atom stereocenters. The number of hydrogen-bond acceptors (Lipinski definition) is 5. The Kier molecular flexibility index (Phi) is 5.16. The number of anilines is 1. The van der Waals surface area contributed by atoms with Gasteiger partial charge >= 0.3 is 0 Å². The smallest absolute Gasteiger partial charge is 0.274 e. The summed E-state index contributed by atoms with van der Waals surface area (Å²) >= 11 is 0. The lowest BCUT2D eigenvalue weighted by atomic mass is 9.47. The lowest BCUT2D eigenvalue weighted by molar-refractivity contribution is -0.384. The van der Waals surface area contributed by atoms with E-state index in [4.69, 9.17) is 4.99 Å². The molecule has 0 N–H and O–H groups in total. The fraction of sp³-hybridized carbons (Fsp3) is 0.182. The van der Waals surface area contributed by atoms with E-state index in [1.165, 1.54) is 18.2 Å². The summed E-state index contributed by atoms with van der Waals surface area (Å²) in [6.07, 6.45) is 1.85. The van der Waals surface area contributed by atoms with Gasteiger partial charge in [-0.3, -0.25) is 24.7 Å². The van der Waals surface area contributed by atoms with Gasteiger partial charge in [0.25, 0.3) is 5.69 Å². The highest BCUT2D eigenvalue weighted by molar-refractivity contribution is 6.25. The molecule has 0 saturated carbocycles. The molecule has 8 rings (SSSR count). The monoisotopic (exact) mass is 527 g/mol. The first-order valence-electron chi connectivity index (χ1n) is 13.3. The molecule has 2 amide bonds. The zero-order chi connectivity index (χ0) is 27.8. The molecule has 7 heteroatoms. The summed E-state index contributed by atoms with van der Waals surface area (Å²) in [6, 6.07) is 27.8. The minimum atomic E-state index is -1.03. The molecule has 1 heterocycles. The molecule has 4 aliphatic rings. The Morgan fingerprint density at radius 1 is 0.825 bits per heavy atom. The van der Waals surface area contributed by atoms with Gasteiger partial charge in [0.05, 0.1) is 27.9 Å². The minimum absolute atomic E-state index is 0.00558. The molecule has 4 aromatic carbocycles. The van der Waals surface area contributed by atoms with E-state index in [9.17, 15) is 19.7 Å². The highest BCUT2D eigenvalue weighted by atomic mass is 16.6. The Morgan fingerprint density at radius 2 is 1.45 bits per heavy atom. The van der Waals surface area contributed by atoms with E-state index in [1.54, 1.807) is 6.07 Å². The van der Waals surface area contributed by atoms with Crippen LogP contribution in [0.15, 0.2) is 96.0 Å². The second-order valence-electron chi connectivity index (χ2n) is 10.8. The third-order valence-electron chi connectivity index (χ3n) is 8.99. The minimum Gasteiger partial charge on any atom is -0.274 e. The molecule has 40 heavy (non-hydrogen) atoms. The van der Waals surface area contributed by atoms with Crippen molar-refractivity contribution < 1.29 is 14.5 Å². The second kappa shape index (κ2) is 8.55. The van der Waals surface area contributed by atoms with Gasteiger partial charge in [-0.2, -0.15) is 0 Å². The number of nitrogens with zero attached hydrogens (tertiary/aromatic N) is 3. The van der Waals surface area contributed by atoms with Crippen LogP contribution in [0.4, 0.5) is 17.1 Å². The molecule has 0 spiro atoms. The molecular weight excluding hydrogens is 502 g/mol. The maximum Gasteiger partial charge on any atom is 0.293 e. The average molecular weight is 528 g/mol. The molecule has 0 radical (unpaired) electrons. The number of nitro groups is 1.